The first kappa shape index (κ1) is 19.9. The van der Waals surface area contributed by atoms with Gasteiger partial charge in [-0.05, 0) is 55.8 Å². The van der Waals surface area contributed by atoms with Crippen LogP contribution in [-0.2, 0) is 0 Å². The van der Waals surface area contributed by atoms with Crippen molar-refractivity contribution >= 4 is 22.4 Å². The fraction of sp³-hybridized carbons (Fsp3) is 0.286. The summed E-state index contributed by atoms with van der Waals surface area (Å²) in [5.74, 6) is 0.0813. The van der Waals surface area contributed by atoms with Crippen molar-refractivity contribution in [3.63, 3.8) is 0 Å². The van der Waals surface area contributed by atoms with Gasteiger partial charge in [0.25, 0.3) is 5.91 Å². The van der Waals surface area contributed by atoms with E-state index in [4.69, 9.17) is 4.74 Å². The number of anilines is 1. The maximum atomic E-state index is 13.6. The Morgan fingerprint density at radius 2 is 1.93 bits per heavy atom. The van der Waals surface area contributed by atoms with E-state index in [1.807, 2.05) is 31.2 Å². The number of ether oxygens (including phenoxy) is 1. The molecule has 3 aromatic rings. The molecule has 0 fully saturated rings. The van der Waals surface area contributed by atoms with Gasteiger partial charge in [0.15, 0.2) is 0 Å². The van der Waals surface area contributed by atoms with Gasteiger partial charge in [0.1, 0.15) is 16.6 Å². The smallest absolute Gasteiger partial charge is 0.260 e. The first-order chi connectivity index (χ1) is 13.6. The lowest BCUT2D eigenvalue weighted by Crippen LogP contribution is -2.32. The van der Waals surface area contributed by atoms with Crippen LogP contribution in [0.3, 0.4) is 0 Å². The molecule has 146 valence electrons. The van der Waals surface area contributed by atoms with Crippen molar-refractivity contribution in [3.05, 3.63) is 59.9 Å². The number of aromatic nitrogens is 2. The summed E-state index contributed by atoms with van der Waals surface area (Å²) in [4.78, 5) is 14.5. The highest BCUT2D eigenvalue weighted by Crippen LogP contribution is 2.31. The molecule has 0 atom stereocenters. The minimum Gasteiger partial charge on any atom is -0.494 e. The zero-order valence-electron chi connectivity index (χ0n) is 15.9. The second-order valence-corrected chi connectivity index (χ2v) is 7.12. The summed E-state index contributed by atoms with van der Waals surface area (Å²) in [6, 6.07) is 13.3. The number of nitrogens with zero attached hydrogens (tertiary/aromatic N) is 3. The summed E-state index contributed by atoms with van der Waals surface area (Å²) in [5, 5.41) is 9.69. The van der Waals surface area contributed by atoms with E-state index in [0.29, 0.717) is 28.9 Å². The molecule has 1 heterocycles. The predicted molar refractivity (Wildman–Crippen MR) is 109 cm³/mol. The van der Waals surface area contributed by atoms with Gasteiger partial charge in [0.2, 0.25) is 5.13 Å². The van der Waals surface area contributed by atoms with Crippen LogP contribution in [0, 0.1) is 5.82 Å². The van der Waals surface area contributed by atoms with Crippen molar-refractivity contribution in [3.8, 4) is 16.3 Å². The molecule has 0 saturated carbocycles. The summed E-state index contributed by atoms with van der Waals surface area (Å²) in [5.41, 5.74) is 1.20. The van der Waals surface area contributed by atoms with Crippen LogP contribution in [0.5, 0.6) is 5.75 Å². The van der Waals surface area contributed by atoms with Gasteiger partial charge in [0.05, 0.1) is 6.61 Å². The van der Waals surface area contributed by atoms with Crippen LogP contribution in [0.1, 0.15) is 37.0 Å². The summed E-state index contributed by atoms with van der Waals surface area (Å²) in [7, 11) is 0. The van der Waals surface area contributed by atoms with Gasteiger partial charge in [-0.1, -0.05) is 30.7 Å². The lowest BCUT2D eigenvalue weighted by Gasteiger charge is -2.19. The van der Waals surface area contributed by atoms with E-state index in [-0.39, 0.29) is 5.91 Å². The Kier molecular flexibility index (Phi) is 6.71. The lowest BCUT2D eigenvalue weighted by molar-refractivity contribution is 0.0986. The molecule has 0 unspecified atom stereocenters. The maximum absolute atomic E-state index is 13.6. The van der Waals surface area contributed by atoms with E-state index < -0.39 is 5.82 Å². The number of amides is 1. The maximum Gasteiger partial charge on any atom is 0.260 e. The molecule has 0 bridgehead atoms. The largest absolute Gasteiger partial charge is 0.494 e. The van der Waals surface area contributed by atoms with Crippen molar-refractivity contribution in [2.24, 2.45) is 0 Å². The van der Waals surface area contributed by atoms with Crippen molar-refractivity contribution in [2.45, 2.75) is 26.7 Å². The highest BCUT2D eigenvalue weighted by molar-refractivity contribution is 7.18. The standard InChI is InChI=1S/C21H22FN3O2S/c1-3-5-13-25(20(26)16-7-6-8-17(22)14-16)21-24-23-19(28-21)15-9-11-18(12-10-15)27-4-2/h6-12,14H,3-5,13H2,1-2H3. The van der Waals surface area contributed by atoms with E-state index in [0.717, 1.165) is 24.2 Å². The molecule has 0 aliphatic heterocycles. The van der Waals surface area contributed by atoms with Gasteiger partial charge in [-0.2, -0.15) is 0 Å². The molecular weight excluding hydrogens is 377 g/mol. The first-order valence-electron chi connectivity index (χ1n) is 9.26. The fourth-order valence-electron chi connectivity index (χ4n) is 2.68. The van der Waals surface area contributed by atoms with E-state index in [1.54, 1.807) is 11.0 Å². The molecule has 0 saturated heterocycles. The van der Waals surface area contributed by atoms with E-state index >= 15 is 0 Å². The third-order valence-electron chi connectivity index (χ3n) is 4.11. The number of carbonyl (C=O) groups is 1. The Hall–Kier alpha value is -2.80. The number of carbonyl (C=O) groups excluding carboxylic acids is 1. The molecule has 1 aromatic heterocycles. The summed E-state index contributed by atoms with van der Waals surface area (Å²) in [6.45, 7) is 5.10. The third kappa shape index (κ3) is 4.72. The van der Waals surface area contributed by atoms with E-state index in [1.165, 1.54) is 29.5 Å². The van der Waals surface area contributed by atoms with Crippen LogP contribution >= 0.6 is 11.3 Å². The minimum atomic E-state index is -0.436. The molecule has 2 aromatic carbocycles. The predicted octanol–water partition coefficient (Wildman–Crippen LogP) is 5.19. The van der Waals surface area contributed by atoms with Gasteiger partial charge in [0, 0.05) is 17.7 Å². The Balaban J connectivity index is 1.86. The second kappa shape index (κ2) is 9.41. The zero-order chi connectivity index (χ0) is 19.9. The quantitative estimate of drug-likeness (QED) is 0.523. The van der Waals surface area contributed by atoms with E-state index in [2.05, 4.69) is 17.1 Å². The molecule has 0 N–H and O–H groups in total. The average molecular weight is 399 g/mol. The topological polar surface area (TPSA) is 55.3 Å². The van der Waals surface area contributed by atoms with Gasteiger partial charge in [-0.3, -0.25) is 9.69 Å². The molecular formula is C21H22FN3O2S. The normalized spacial score (nSPS) is 10.7. The molecule has 0 aliphatic rings. The second-order valence-electron chi connectivity index (χ2n) is 6.17. The Morgan fingerprint density at radius 3 is 2.61 bits per heavy atom. The third-order valence-corrected chi connectivity index (χ3v) is 5.10. The van der Waals surface area contributed by atoms with Crippen LogP contribution in [-0.4, -0.2) is 29.3 Å². The van der Waals surface area contributed by atoms with Crippen LogP contribution < -0.4 is 9.64 Å². The molecule has 0 spiro atoms. The van der Waals surface area contributed by atoms with Gasteiger partial charge in [-0.25, -0.2) is 4.39 Å². The lowest BCUT2D eigenvalue weighted by atomic mass is 10.2. The molecule has 3 rings (SSSR count). The SMILES string of the molecule is CCCCN(C(=O)c1cccc(F)c1)c1nnc(-c2ccc(OCC)cc2)s1. The first-order valence-corrected chi connectivity index (χ1v) is 10.1. The van der Waals surface area contributed by atoms with Crippen molar-refractivity contribution in [2.75, 3.05) is 18.1 Å². The van der Waals surface area contributed by atoms with Crippen molar-refractivity contribution in [1.82, 2.24) is 10.2 Å². The fourth-order valence-corrected chi connectivity index (χ4v) is 3.55. The number of halogens is 1. The number of hydrogen-bond donors (Lipinski definition) is 0. The van der Waals surface area contributed by atoms with Crippen LogP contribution in [0.4, 0.5) is 9.52 Å². The monoisotopic (exact) mass is 399 g/mol. The van der Waals surface area contributed by atoms with Crippen molar-refractivity contribution < 1.29 is 13.9 Å². The van der Waals surface area contributed by atoms with Gasteiger partial charge < -0.3 is 4.74 Å². The van der Waals surface area contributed by atoms with Gasteiger partial charge >= 0.3 is 0 Å². The zero-order valence-corrected chi connectivity index (χ0v) is 16.7. The van der Waals surface area contributed by atoms with Crippen LogP contribution in [0.15, 0.2) is 48.5 Å². The summed E-state index contributed by atoms with van der Waals surface area (Å²) < 4.78 is 19.0. The Morgan fingerprint density at radius 1 is 1.14 bits per heavy atom. The average Bonchev–Trinajstić information content (AvgIpc) is 3.19. The molecule has 5 nitrogen and oxygen atoms in total. The van der Waals surface area contributed by atoms with Gasteiger partial charge in [-0.15, -0.1) is 10.2 Å². The van der Waals surface area contributed by atoms with E-state index in [9.17, 15) is 9.18 Å². The van der Waals surface area contributed by atoms with Crippen molar-refractivity contribution in [1.29, 1.82) is 0 Å². The van der Waals surface area contributed by atoms with Crippen LogP contribution in [0.2, 0.25) is 0 Å². The summed E-state index contributed by atoms with van der Waals surface area (Å²) in [6.07, 6.45) is 1.75. The molecule has 1 amide bonds. The molecule has 0 aliphatic carbocycles. The number of benzene rings is 2. The molecule has 28 heavy (non-hydrogen) atoms. The minimum absolute atomic E-state index is 0.276. The summed E-state index contributed by atoms with van der Waals surface area (Å²) >= 11 is 1.34. The molecule has 7 heteroatoms. The number of hydrogen-bond acceptors (Lipinski definition) is 5. The molecule has 0 radical (unpaired) electrons. The number of rotatable bonds is 8. The highest BCUT2D eigenvalue weighted by Gasteiger charge is 2.22. The Bertz CT molecular complexity index is 927. The highest BCUT2D eigenvalue weighted by atomic mass is 32.1. The van der Waals surface area contributed by atoms with Crippen LogP contribution in [0.25, 0.3) is 10.6 Å². The Labute approximate surface area is 167 Å². The number of unbranched alkanes of at least 4 members (excludes halogenated alkanes) is 1.